The van der Waals surface area contributed by atoms with Gasteiger partial charge in [0.2, 0.25) is 0 Å². The van der Waals surface area contributed by atoms with E-state index < -0.39 is 58.2 Å². The van der Waals surface area contributed by atoms with Gasteiger partial charge in [-0.05, 0) is 57.1 Å². The summed E-state index contributed by atoms with van der Waals surface area (Å²) < 4.78 is 43.0. The summed E-state index contributed by atoms with van der Waals surface area (Å²) in [6.07, 6.45) is -0.944. The number of hydrogen-bond donors (Lipinski definition) is 7. The summed E-state index contributed by atoms with van der Waals surface area (Å²) in [7, 11) is -5.03. The van der Waals surface area contributed by atoms with E-state index in [1.54, 1.807) is 24.3 Å². The van der Waals surface area contributed by atoms with E-state index in [1.807, 2.05) is 10.7 Å². The van der Waals surface area contributed by atoms with E-state index in [0.29, 0.717) is 43.5 Å². The monoisotopic (exact) mass is 738 g/mol. The summed E-state index contributed by atoms with van der Waals surface area (Å²) in [5, 5.41) is 25.6. The first kappa shape index (κ1) is 38.1. The maximum atomic E-state index is 13.3. The molecule has 10 N–H and O–H groups in total. The van der Waals surface area contributed by atoms with Gasteiger partial charge < -0.3 is 42.5 Å². The minimum Gasteiger partial charge on any atom is -0.489 e. The van der Waals surface area contributed by atoms with Gasteiger partial charge in [-0.3, -0.25) is 18.8 Å². The van der Waals surface area contributed by atoms with Crippen LogP contribution in [0.3, 0.4) is 0 Å². The van der Waals surface area contributed by atoms with E-state index in [4.69, 9.17) is 36.4 Å². The van der Waals surface area contributed by atoms with Crippen LogP contribution >= 0.6 is 11.3 Å². The average molecular weight is 739 g/mol. The number of amides is 2. The molecule has 50 heavy (non-hydrogen) atoms. The molecule has 20 nitrogen and oxygen atoms in total. The number of hydrogen-bond acceptors (Lipinski definition) is 16. The summed E-state index contributed by atoms with van der Waals surface area (Å²) in [6, 6.07) is 7.41. The molecule has 0 saturated carbocycles. The van der Waals surface area contributed by atoms with Crippen LogP contribution in [0.5, 0.6) is 5.75 Å². The number of nitrogens with zero attached hydrogens (tertiary/aromatic N) is 5. The maximum absolute atomic E-state index is 13.3. The van der Waals surface area contributed by atoms with Crippen LogP contribution in [-0.2, 0) is 47.0 Å². The lowest BCUT2D eigenvalue weighted by molar-refractivity contribution is -0.218. The highest BCUT2D eigenvalue weighted by atomic mass is 32.3. The van der Waals surface area contributed by atoms with Crippen LogP contribution in [-0.4, -0.2) is 105 Å². The van der Waals surface area contributed by atoms with Gasteiger partial charge in [-0.25, -0.2) is 9.78 Å². The minimum atomic E-state index is -5.03. The molecule has 2 amide bonds. The zero-order valence-corrected chi connectivity index (χ0v) is 28.6. The highest BCUT2D eigenvalue weighted by Gasteiger charge is 2.58. The smallest absolute Gasteiger partial charge is 0.418 e. The summed E-state index contributed by atoms with van der Waals surface area (Å²) in [6.45, 7) is 5.10. The molecule has 2 aromatic heterocycles. The van der Waals surface area contributed by atoms with Gasteiger partial charge in [0.1, 0.15) is 24.1 Å². The Morgan fingerprint density at radius 1 is 1.20 bits per heavy atom. The number of nitrogens with one attached hydrogen (secondary N) is 2. The van der Waals surface area contributed by atoms with Crippen LogP contribution in [0.1, 0.15) is 31.7 Å². The number of aromatic nitrogens is 3. The molecule has 1 aliphatic heterocycles. The van der Waals surface area contributed by atoms with Crippen molar-refractivity contribution in [2.45, 2.75) is 51.0 Å². The lowest BCUT2D eigenvalue weighted by Crippen LogP contribution is -2.76. The summed E-state index contributed by atoms with van der Waals surface area (Å²) in [5.41, 5.74) is 17.4. The lowest BCUT2D eigenvalue weighted by Gasteiger charge is -2.50. The Morgan fingerprint density at radius 3 is 2.50 bits per heavy atom. The first-order valence-electron chi connectivity index (χ1n) is 15.0. The van der Waals surface area contributed by atoms with Gasteiger partial charge in [0.05, 0.1) is 16.9 Å². The molecule has 2 atom stereocenters. The van der Waals surface area contributed by atoms with Crippen LogP contribution < -0.4 is 32.6 Å². The van der Waals surface area contributed by atoms with Crippen LogP contribution in [0, 0.1) is 0 Å². The first-order valence-corrected chi connectivity index (χ1v) is 17.3. The number of β-lactam (4-membered cyclic amide) rings is 1. The molecule has 22 heteroatoms. The molecule has 3 heterocycles. The quantitative estimate of drug-likeness (QED) is 0.0257. The van der Waals surface area contributed by atoms with Gasteiger partial charge in [0.25, 0.3) is 17.9 Å². The molecule has 1 fully saturated rings. The van der Waals surface area contributed by atoms with Crippen molar-refractivity contribution in [3.8, 4) is 17.0 Å². The number of carbonyl (C=O) groups is 3. The number of thiazole rings is 1. The van der Waals surface area contributed by atoms with Crippen molar-refractivity contribution < 1.29 is 46.3 Å². The number of carboxylic acid groups (broad SMARTS) is 1. The molecule has 4 rings (SSSR count). The SMILES string of the molecule is CC1(C)C(NC(=O)C(=NOC(COc2ccc(-c3cc(CNCCN)n(CCCN)n3)cc2)C(=O)O)c2csc(N)n2)C(=O)N1OS(=O)(=O)O. The Hall–Kier alpha value is -4.71. The summed E-state index contributed by atoms with van der Waals surface area (Å²) in [5.74, 6) is -3.18. The number of anilines is 1. The number of aryl methyl sites for hydroxylation is 1. The number of aliphatic carboxylic acids is 1. The molecular formula is C28H38N10O10S2. The van der Waals surface area contributed by atoms with Crippen LogP contribution in [0.15, 0.2) is 40.9 Å². The Bertz CT molecular complexity index is 1810. The van der Waals surface area contributed by atoms with Crippen LogP contribution in [0.4, 0.5) is 5.13 Å². The number of nitrogens with two attached hydrogens (primary N) is 3. The van der Waals surface area contributed by atoms with Gasteiger partial charge >= 0.3 is 16.4 Å². The second-order valence-electron chi connectivity index (χ2n) is 11.3. The van der Waals surface area contributed by atoms with Gasteiger partial charge in [-0.15, -0.1) is 15.6 Å². The molecular weight excluding hydrogens is 701 g/mol. The summed E-state index contributed by atoms with van der Waals surface area (Å²) in [4.78, 5) is 47.0. The standard InChI is InChI=1S/C28H38N10O10S2/c1-28(2)23(25(40)38(28)48-50(43,44)45)34-24(39)22(20-15-49-27(31)33-20)36-47-21(26(41)42)14-46-18-6-4-16(5-7-18)19-12-17(13-32-10-9-30)37(35-19)11-3-8-29/h4-7,12,15,21,23,32H,3,8-11,13-14,29-30H2,1-2H3,(H2,31,33)(H,34,39)(H,41,42)(H,43,44,45). The van der Waals surface area contributed by atoms with Crippen molar-refractivity contribution in [3.05, 3.63) is 47.1 Å². The Balaban J connectivity index is 1.44. The minimum absolute atomic E-state index is 0.0525. The maximum Gasteiger partial charge on any atom is 0.418 e. The predicted molar refractivity (Wildman–Crippen MR) is 179 cm³/mol. The number of carbonyl (C=O) groups excluding carboxylic acids is 2. The van der Waals surface area contributed by atoms with E-state index >= 15 is 0 Å². The number of ether oxygens (including phenoxy) is 1. The number of benzene rings is 1. The van der Waals surface area contributed by atoms with E-state index in [9.17, 15) is 27.9 Å². The normalized spacial score (nSPS) is 16.5. The van der Waals surface area contributed by atoms with Crippen LogP contribution in [0.2, 0.25) is 0 Å². The molecule has 1 saturated heterocycles. The van der Waals surface area contributed by atoms with E-state index in [0.717, 1.165) is 34.7 Å². The second kappa shape index (κ2) is 16.3. The highest BCUT2D eigenvalue weighted by Crippen LogP contribution is 2.33. The van der Waals surface area contributed by atoms with Gasteiger partial charge in [0.15, 0.2) is 10.8 Å². The molecule has 1 aromatic carbocycles. The van der Waals surface area contributed by atoms with Gasteiger partial charge in [-0.2, -0.15) is 18.6 Å². The molecule has 0 radical (unpaired) electrons. The number of rotatable bonds is 19. The summed E-state index contributed by atoms with van der Waals surface area (Å²) >= 11 is 0.954. The van der Waals surface area contributed by atoms with Crippen molar-refractivity contribution in [1.29, 1.82) is 0 Å². The highest BCUT2D eigenvalue weighted by molar-refractivity contribution is 7.80. The molecule has 272 valence electrons. The van der Waals surface area contributed by atoms with E-state index in [2.05, 4.69) is 25.1 Å². The molecule has 0 spiro atoms. The molecule has 0 bridgehead atoms. The van der Waals surface area contributed by atoms with Crippen molar-refractivity contribution in [3.63, 3.8) is 0 Å². The van der Waals surface area contributed by atoms with Gasteiger partial charge in [-0.1, -0.05) is 5.16 Å². The predicted octanol–water partition coefficient (Wildman–Crippen LogP) is -0.921. The Morgan fingerprint density at radius 2 is 1.92 bits per heavy atom. The molecule has 0 aliphatic carbocycles. The van der Waals surface area contributed by atoms with Crippen molar-refractivity contribution in [2.75, 3.05) is 32.0 Å². The third-order valence-corrected chi connectivity index (χ3v) is 8.27. The molecule has 2 unspecified atom stereocenters. The average Bonchev–Trinajstić information content (AvgIpc) is 3.68. The number of carboxylic acids is 1. The zero-order chi connectivity index (χ0) is 36.6. The second-order valence-corrected chi connectivity index (χ2v) is 13.2. The Kier molecular flexibility index (Phi) is 12.4. The number of hydroxylamine groups is 2. The number of oxime groups is 1. The van der Waals surface area contributed by atoms with E-state index in [-0.39, 0.29) is 10.8 Å². The topological polar surface area (TPSA) is 302 Å². The Labute approximate surface area is 290 Å². The van der Waals surface area contributed by atoms with Gasteiger partial charge in [0, 0.05) is 37.1 Å². The number of nitrogen functional groups attached to an aromatic ring is 1. The fraction of sp³-hybridized carbons (Fsp3) is 0.429. The fourth-order valence-electron chi connectivity index (χ4n) is 4.67. The third-order valence-electron chi connectivity index (χ3n) is 7.26. The first-order chi connectivity index (χ1) is 23.6. The lowest BCUT2D eigenvalue weighted by atomic mass is 9.84. The zero-order valence-electron chi connectivity index (χ0n) is 27.0. The van der Waals surface area contributed by atoms with Crippen LogP contribution in [0.25, 0.3) is 11.3 Å². The van der Waals surface area contributed by atoms with Crippen molar-refractivity contribution >= 4 is 50.4 Å². The van der Waals surface area contributed by atoms with E-state index in [1.165, 1.54) is 19.2 Å². The third kappa shape index (κ3) is 9.50. The largest absolute Gasteiger partial charge is 0.489 e. The van der Waals surface area contributed by atoms with Crippen molar-refractivity contribution in [1.82, 2.24) is 30.5 Å². The van der Waals surface area contributed by atoms with Crippen molar-refractivity contribution in [2.24, 2.45) is 16.6 Å². The fourth-order valence-corrected chi connectivity index (χ4v) is 5.67. The molecule has 1 aliphatic rings. The molecule has 3 aromatic rings.